The van der Waals surface area contributed by atoms with Gasteiger partial charge < -0.3 is 15.5 Å². The van der Waals surface area contributed by atoms with Crippen LogP contribution in [0.15, 0.2) is 40.8 Å². The van der Waals surface area contributed by atoms with E-state index in [-0.39, 0.29) is 11.6 Å². The van der Waals surface area contributed by atoms with Gasteiger partial charge in [-0.05, 0) is 29.6 Å². The van der Waals surface area contributed by atoms with Crippen molar-refractivity contribution in [2.24, 2.45) is 10.8 Å². The van der Waals surface area contributed by atoms with Crippen LogP contribution in [0.2, 0.25) is 5.02 Å². The minimum Gasteiger partial charge on any atom is -0.382 e. The number of nitrogens with one attached hydrogen (secondary N) is 2. The average Bonchev–Trinajstić information content (AvgIpc) is 3.23. The third kappa shape index (κ3) is 4.42. The van der Waals surface area contributed by atoms with E-state index in [0.717, 1.165) is 10.6 Å². The van der Waals surface area contributed by atoms with Gasteiger partial charge in [-0.2, -0.15) is 10.4 Å². The molecule has 2 heterocycles. The Hall–Kier alpha value is -3.09. The number of carbonyl (C=O) groups is 1. The van der Waals surface area contributed by atoms with Crippen molar-refractivity contribution < 1.29 is 4.79 Å². The van der Waals surface area contributed by atoms with E-state index < -0.39 is 5.84 Å². The van der Waals surface area contributed by atoms with Crippen molar-refractivity contribution in [2.75, 3.05) is 36.5 Å². The molecule has 144 valence electrons. The summed E-state index contributed by atoms with van der Waals surface area (Å²) in [6.07, 6.45) is 0. The summed E-state index contributed by atoms with van der Waals surface area (Å²) in [4.78, 5) is 17.2. The molecule has 1 fully saturated rings. The Morgan fingerprint density at radius 2 is 2.07 bits per heavy atom. The highest BCUT2D eigenvalue weighted by atomic mass is 35.5. The number of amides is 1. The van der Waals surface area contributed by atoms with Gasteiger partial charge in [0.1, 0.15) is 6.07 Å². The monoisotopic (exact) mass is 415 g/mol. The molecule has 2 aromatic rings. The summed E-state index contributed by atoms with van der Waals surface area (Å²) >= 11 is 7.86. The zero-order valence-electron chi connectivity index (χ0n) is 14.9. The number of thiophene rings is 1. The maximum Gasteiger partial charge on any atom is 0.264 e. The molecule has 10 heteroatoms. The molecule has 28 heavy (non-hydrogen) atoms. The molecular weight excluding hydrogens is 398 g/mol. The summed E-state index contributed by atoms with van der Waals surface area (Å²) in [6, 6.07) is 10.8. The van der Waals surface area contributed by atoms with Gasteiger partial charge in [0.05, 0.1) is 21.3 Å². The maximum absolute atomic E-state index is 12.4. The van der Waals surface area contributed by atoms with Crippen LogP contribution in [-0.2, 0) is 0 Å². The lowest BCUT2D eigenvalue weighted by atomic mass is 10.2. The first-order valence-corrected chi connectivity index (χ1v) is 9.71. The van der Waals surface area contributed by atoms with E-state index in [1.807, 2.05) is 28.5 Å². The second-order valence-corrected chi connectivity index (χ2v) is 7.38. The number of piperazine rings is 1. The fraction of sp³-hybridized carbons (Fsp3) is 0.222. The molecular formula is C18H18ClN7OS. The smallest absolute Gasteiger partial charge is 0.264 e. The number of amidine groups is 1. The third-order valence-electron chi connectivity index (χ3n) is 4.25. The van der Waals surface area contributed by atoms with Gasteiger partial charge in [0.15, 0.2) is 5.84 Å². The molecule has 0 atom stereocenters. The summed E-state index contributed by atoms with van der Waals surface area (Å²) in [5.74, 6) is -0.343. The molecule has 0 radical (unpaired) electrons. The molecule has 1 saturated heterocycles. The molecule has 1 aliphatic heterocycles. The average molecular weight is 416 g/mol. The Kier molecular flexibility index (Phi) is 6.13. The minimum atomic E-state index is -0.410. The molecule has 1 aromatic carbocycles. The number of nitrogens with two attached hydrogens (primary N) is 1. The minimum absolute atomic E-state index is 0.0666. The molecule has 4 N–H and O–H groups in total. The molecule has 8 nitrogen and oxygen atoms in total. The van der Waals surface area contributed by atoms with Crippen LogP contribution in [0, 0.1) is 16.7 Å². The largest absolute Gasteiger partial charge is 0.382 e. The van der Waals surface area contributed by atoms with Crippen molar-refractivity contribution in [3.63, 3.8) is 0 Å². The van der Waals surface area contributed by atoms with E-state index in [1.165, 1.54) is 11.3 Å². The van der Waals surface area contributed by atoms with Crippen molar-refractivity contribution in [3.8, 4) is 6.07 Å². The zero-order valence-corrected chi connectivity index (χ0v) is 16.4. The predicted octanol–water partition coefficient (Wildman–Crippen LogP) is 2.59. The van der Waals surface area contributed by atoms with E-state index in [0.29, 0.717) is 36.9 Å². The van der Waals surface area contributed by atoms with Crippen LogP contribution in [-0.4, -0.2) is 48.5 Å². The summed E-state index contributed by atoms with van der Waals surface area (Å²) < 4.78 is 0. The molecule has 1 aromatic heterocycles. The van der Waals surface area contributed by atoms with E-state index in [4.69, 9.17) is 28.0 Å². The number of nitrogens with zero attached hydrogens (tertiary/aromatic N) is 4. The van der Waals surface area contributed by atoms with E-state index in [9.17, 15) is 4.79 Å². The van der Waals surface area contributed by atoms with E-state index in [2.05, 4.69) is 15.4 Å². The van der Waals surface area contributed by atoms with Crippen molar-refractivity contribution >= 4 is 51.8 Å². The molecule has 3 rings (SSSR count). The number of halogens is 1. The Morgan fingerprint density at radius 1 is 1.32 bits per heavy atom. The highest BCUT2D eigenvalue weighted by molar-refractivity contribution is 7.12. The highest BCUT2D eigenvalue weighted by Crippen LogP contribution is 2.30. The number of hydrazone groups is 1. The highest BCUT2D eigenvalue weighted by Gasteiger charge is 2.23. The molecule has 1 amide bonds. The summed E-state index contributed by atoms with van der Waals surface area (Å²) in [7, 11) is 0. The first-order chi connectivity index (χ1) is 13.5. The summed E-state index contributed by atoms with van der Waals surface area (Å²) in [5, 5.41) is 22.3. The molecule has 1 aliphatic rings. The second kappa shape index (κ2) is 8.73. The quantitative estimate of drug-likeness (QED) is 0.393. The van der Waals surface area contributed by atoms with E-state index >= 15 is 0 Å². The molecule has 0 spiro atoms. The SMILES string of the molecule is N#C/C(=N\Nc1ccc(N2CCN(C(=O)c3cccs3)CC2)c(Cl)c1)C(=N)N. The number of anilines is 2. The zero-order chi connectivity index (χ0) is 20.1. The van der Waals surface area contributed by atoms with Crippen molar-refractivity contribution in [2.45, 2.75) is 0 Å². The number of nitriles is 1. The fourth-order valence-corrected chi connectivity index (χ4v) is 3.80. The third-order valence-corrected chi connectivity index (χ3v) is 5.41. The Morgan fingerprint density at radius 3 is 2.64 bits per heavy atom. The first kappa shape index (κ1) is 19.7. The lowest BCUT2D eigenvalue weighted by Gasteiger charge is -2.36. The van der Waals surface area contributed by atoms with Crippen LogP contribution in [0.25, 0.3) is 0 Å². The maximum atomic E-state index is 12.4. The van der Waals surface area contributed by atoms with Crippen LogP contribution >= 0.6 is 22.9 Å². The van der Waals surface area contributed by atoms with Gasteiger partial charge in [-0.15, -0.1) is 11.3 Å². The molecule has 0 saturated carbocycles. The van der Waals surface area contributed by atoms with Crippen LogP contribution < -0.4 is 16.1 Å². The van der Waals surface area contributed by atoms with Crippen LogP contribution in [0.5, 0.6) is 0 Å². The standard InChI is InChI=1S/C18H18ClN7OS/c19-13-10-12(23-24-14(11-20)17(21)22)3-4-15(13)25-5-7-26(8-6-25)18(27)16-2-1-9-28-16/h1-4,9-10,23H,5-8H2,(H3,21,22)/b24-14+. The van der Waals surface area contributed by atoms with E-state index in [1.54, 1.807) is 18.2 Å². The number of hydrogen-bond acceptors (Lipinski definition) is 7. The summed E-state index contributed by atoms with van der Waals surface area (Å²) in [5.41, 5.74) is 9.17. The Balaban J connectivity index is 1.63. The molecule has 0 aliphatic carbocycles. The van der Waals surface area contributed by atoms with Gasteiger partial charge in [0, 0.05) is 26.2 Å². The van der Waals surface area contributed by atoms with Crippen molar-refractivity contribution in [1.29, 1.82) is 10.7 Å². The van der Waals surface area contributed by atoms with Gasteiger partial charge in [-0.1, -0.05) is 17.7 Å². The first-order valence-electron chi connectivity index (χ1n) is 8.45. The Labute approximate surface area is 171 Å². The predicted molar refractivity (Wildman–Crippen MR) is 112 cm³/mol. The molecule has 0 bridgehead atoms. The lowest BCUT2D eigenvalue weighted by molar-refractivity contribution is 0.0751. The topological polar surface area (TPSA) is 122 Å². The van der Waals surface area contributed by atoms with Gasteiger partial charge in [0.2, 0.25) is 5.71 Å². The number of benzene rings is 1. The van der Waals surface area contributed by atoms with Crippen LogP contribution in [0.3, 0.4) is 0 Å². The number of carbonyl (C=O) groups excluding carboxylic acids is 1. The van der Waals surface area contributed by atoms with Crippen molar-refractivity contribution in [1.82, 2.24) is 4.90 Å². The fourth-order valence-electron chi connectivity index (χ4n) is 2.81. The van der Waals surface area contributed by atoms with Gasteiger partial charge in [-0.25, -0.2) is 0 Å². The van der Waals surface area contributed by atoms with Crippen LogP contribution in [0.1, 0.15) is 9.67 Å². The Bertz CT molecular complexity index is 943. The van der Waals surface area contributed by atoms with Crippen LogP contribution in [0.4, 0.5) is 11.4 Å². The molecule has 0 unspecified atom stereocenters. The number of rotatable bonds is 5. The van der Waals surface area contributed by atoms with Crippen molar-refractivity contribution in [3.05, 3.63) is 45.6 Å². The van der Waals surface area contributed by atoms with Gasteiger partial charge >= 0.3 is 0 Å². The van der Waals surface area contributed by atoms with Gasteiger partial charge in [0.25, 0.3) is 5.91 Å². The normalized spacial score (nSPS) is 14.5. The number of hydrogen-bond donors (Lipinski definition) is 3. The van der Waals surface area contributed by atoms with Gasteiger partial charge in [-0.3, -0.25) is 15.6 Å². The lowest BCUT2D eigenvalue weighted by Crippen LogP contribution is -2.48. The summed E-state index contributed by atoms with van der Waals surface area (Å²) in [6.45, 7) is 2.62. The second-order valence-electron chi connectivity index (χ2n) is 6.02.